The van der Waals surface area contributed by atoms with E-state index in [0.717, 1.165) is 25.1 Å². The summed E-state index contributed by atoms with van der Waals surface area (Å²) in [5.74, 6) is 1.40. The molecule has 1 aliphatic heterocycles. The molecule has 1 heterocycles. The largest absolute Gasteiger partial charge is 0.342 e. The summed E-state index contributed by atoms with van der Waals surface area (Å²) >= 11 is 1.85. The second-order valence-corrected chi connectivity index (χ2v) is 6.27. The number of carbonyl (C=O) groups is 1. The van der Waals surface area contributed by atoms with Gasteiger partial charge < -0.3 is 10.2 Å². The Morgan fingerprint density at radius 2 is 2.11 bits per heavy atom. The van der Waals surface area contributed by atoms with Gasteiger partial charge in [-0.2, -0.15) is 11.8 Å². The minimum atomic E-state index is 0.0482. The number of hydrogen-bond donors (Lipinski definition) is 1. The lowest BCUT2D eigenvalue weighted by atomic mass is 10.0. The third kappa shape index (κ3) is 5.19. The highest BCUT2D eigenvalue weighted by molar-refractivity contribution is 7.98. The lowest BCUT2D eigenvalue weighted by Crippen LogP contribution is -2.48. The van der Waals surface area contributed by atoms with Crippen molar-refractivity contribution in [1.29, 1.82) is 0 Å². The van der Waals surface area contributed by atoms with Crippen LogP contribution in [0.2, 0.25) is 0 Å². The van der Waals surface area contributed by atoms with Gasteiger partial charge in [-0.3, -0.25) is 4.79 Å². The molecule has 0 bridgehead atoms. The average molecular weight is 272 g/mol. The van der Waals surface area contributed by atoms with Crippen LogP contribution in [-0.4, -0.2) is 48.5 Å². The van der Waals surface area contributed by atoms with Crippen LogP contribution in [0.25, 0.3) is 0 Å². The SMILES string of the molecule is CSCCC(C)N(C)C(=O)C1CCCCCCN1. The van der Waals surface area contributed by atoms with Crippen LogP contribution in [0.5, 0.6) is 0 Å². The number of nitrogens with one attached hydrogen (secondary N) is 1. The molecule has 0 saturated carbocycles. The number of amides is 1. The van der Waals surface area contributed by atoms with Gasteiger partial charge in [0, 0.05) is 13.1 Å². The van der Waals surface area contributed by atoms with Crippen LogP contribution in [0, 0.1) is 0 Å². The molecule has 1 N–H and O–H groups in total. The molecular formula is C14H28N2OS. The van der Waals surface area contributed by atoms with Crippen LogP contribution in [0.1, 0.15) is 45.4 Å². The van der Waals surface area contributed by atoms with Gasteiger partial charge in [0.15, 0.2) is 0 Å². The molecular weight excluding hydrogens is 244 g/mol. The van der Waals surface area contributed by atoms with E-state index in [2.05, 4.69) is 18.5 Å². The zero-order chi connectivity index (χ0) is 13.4. The summed E-state index contributed by atoms with van der Waals surface area (Å²) in [5.41, 5.74) is 0. The Kier molecular flexibility index (Phi) is 7.75. The molecule has 3 nitrogen and oxygen atoms in total. The fourth-order valence-electron chi connectivity index (χ4n) is 2.36. The number of thioether (sulfide) groups is 1. The smallest absolute Gasteiger partial charge is 0.239 e. The number of hydrogen-bond acceptors (Lipinski definition) is 3. The topological polar surface area (TPSA) is 32.3 Å². The highest BCUT2D eigenvalue weighted by Crippen LogP contribution is 2.13. The molecule has 1 aliphatic rings. The van der Waals surface area contributed by atoms with Gasteiger partial charge in [0.1, 0.15) is 0 Å². The predicted octanol–water partition coefficient (Wildman–Crippen LogP) is 2.51. The van der Waals surface area contributed by atoms with Gasteiger partial charge in [0.25, 0.3) is 0 Å². The number of nitrogens with zero attached hydrogens (tertiary/aromatic N) is 1. The lowest BCUT2D eigenvalue weighted by molar-refractivity contribution is -0.134. The van der Waals surface area contributed by atoms with E-state index >= 15 is 0 Å². The maximum Gasteiger partial charge on any atom is 0.239 e. The third-order valence-electron chi connectivity index (χ3n) is 3.86. The Hall–Kier alpha value is -0.220. The summed E-state index contributed by atoms with van der Waals surface area (Å²) in [6, 6.07) is 0.393. The normalized spacial score (nSPS) is 22.9. The molecule has 2 atom stereocenters. The quantitative estimate of drug-likeness (QED) is 0.834. The van der Waals surface area contributed by atoms with E-state index in [1.165, 1.54) is 25.7 Å². The Morgan fingerprint density at radius 3 is 2.83 bits per heavy atom. The van der Waals surface area contributed by atoms with Gasteiger partial charge in [-0.1, -0.05) is 19.3 Å². The molecule has 1 amide bonds. The van der Waals surface area contributed by atoms with Gasteiger partial charge in [-0.25, -0.2) is 0 Å². The fourth-order valence-corrected chi connectivity index (χ4v) is 2.94. The van der Waals surface area contributed by atoms with Crippen molar-refractivity contribution in [2.75, 3.05) is 25.6 Å². The van der Waals surface area contributed by atoms with Crippen LogP contribution >= 0.6 is 11.8 Å². The van der Waals surface area contributed by atoms with E-state index in [4.69, 9.17) is 0 Å². The van der Waals surface area contributed by atoms with Crippen molar-refractivity contribution in [2.24, 2.45) is 0 Å². The molecule has 4 heteroatoms. The first-order valence-electron chi connectivity index (χ1n) is 7.15. The highest BCUT2D eigenvalue weighted by Gasteiger charge is 2.24. The summed E-state index contributed by atoms with van der Waals surface area (Å²) in [6.07, 6.45) is 9.15. The Bertz CT molecular complexity index is 240. The van der Waals surface area contributed by atoms with Gasteiger partial charge in [-0.15, -0.1) is 0 Å². The van der Waals surface area contributed by atoms with Crippen molar-refractivity contribution in [3.05, 3.63) is 0 Å². The van der Waals surface area contributed by atoms with Crippen molar-refractivity contribution in [1.82, 2.24) is 10.2 Å². The first kappa shape index (κ1) is 15.8. The molecule has 0 aliphatic carbocycles. The van der Waals surface area contributed by atoms with E-state index in [0.29, 0.717) is 6.04 Å². The molecule has 0 aromatic heterocycles. The minimum absolute atomic E-state index is 0.0482. The maximum atomic E-state index is 12.4. The van der Waals surface area contributed by atoms with Crippen molar-refractivity contribution in [3.63, 3.8) is 0 Å². The Balaban J connectivity index is 2.44. The number of likely N-dealkylation sites (N-methyl/N-ethyl adjacent to an activating group) is 1. The Labute approximate surface area is 116 Å². The van der Waals surface area contributed by atoms with E-state index in [1.54, 1.807) is 0 Å². The monoisotopic (exact) mass is 272 g/mol. The van der Waals surface area contributed by atoms with E-state index in [-0.39, 0.29) is 11.9 Å². The van der Waals surface area contributed by atoms with E-state index in [9.17, 15) is 4.79 Å². The van der Waals surface area contributed by atoms with E-state index in [1.807, 2.05) is 23.7 Å². The van der Waals surface area contributed by atoms with Gasteiger partial charge >= 0.3 is 0 Å². The maximum absolute atomic E-state index is 12.4. The zero-order valence-corrected chi connectivity index (χ0v) is 12.9. The molecule has 106 valence electrons. The van der Waals surface area contributed by atoms with Gasteiger partial charge in [0.2, 0.25) is 5.91 Å². The van der Waals surface area contributed by atoms with Crippen molar-refractivity contribution in [3.8, 4) is 0 Å². The van der Waals surface area contributed by atoms with Crippen molar-refractivity contribution >= 4 is 17.7 Å². The molecule has 0 radical (unpaired) electrons. The van der Waals surface area contributed by atoms with Gasteiger partial charge in [-0.05, 0) is 44.7 Å². The second kappa shape index (κ2) is 8.81. The number of carbonyl (C=O) groups excluding carboxylic acids is 1. The summed E-state index contributed by atoms with van der Waals surface area (Å²) in [4.78, 5) is 14.4. The summed E-state index contributed by atoms with van der Waals surface area (Å²) in [5, 5.41) is 3.42. The lowest BCUT2D eigenvalue weighted by Gasteiger charge is -2.30. The first-order valence-corrected chi connectivity index (χ1v) is 8.55. The number of rotatable bonds is 5. The fraction of sp³-hybridized carbons (Fsp3) is 0.929. The minimum Gasteiger partial charge on any atom is -0.342 e. The van der Waals surface area contributed by atoms with E-state index < -0.39 is 0 Å². The summed E-state index contributed by atoms with van der Waals surface area (Å²) < 4.78 is 0. The standard InChI is InChI=1S/C14H28N2OS/c1-12(9-11-18-3)16(2)14(17)13-8-6-4-5-7-10-15-13/h12-13,15H,4-11H2,1-3H3. The molecule has 0 spiro atoms. The zero-order valence-electron chi connectivity index (χ0n) is 12.1. The van der Waals surface area contributed by atoms with Crippen LogP contribution in [0.4, 0.5) is 0 Å². The molecule has 1 saturated heterocycles. The molecule has 2 unspecified atom stereocenters. The predicted molar refractivity (Wildman–Crippen MR) is 80.1 cm³/mol. The average Bonchev–Trinajstić information content (AvgIpc) is 2.34. The Morgan fingerprint density at radius 1 is 1.39 bits per heavy atom. The van der Waals surface area contributed by atoms with Crippen molar-refractivity contribution in [2.45, 2.75) is 57.5 Å². The van der Waals surface area contributed by atoms with Crippen molar-refractivity contribution < 1.29 is 4.79 Å². The first-order chi connectivity index (χ1) is 8.66. The highest BCUT2D eigenvalue weighted by atomic mass is 32.2. The summed E-state index contributed by atoms with van der Waals surface area (Å²) in [7, 11) is 1.95. The second-order valence-electron chi connectivity index (χ2n) is 5.29. The third-order valence-corrected chi connectivity index (χ3v) is 4.50. The van der Waals surface area contributed by atoms with Crippen LogP contribution in [-0.2, 0) is 4.79 Å². The molecule has 0 aromatic carbocycles. The van der Waals surface area contributed by atoms with Crippen LogP contribution in [0.3, 0.4) is 0 Å². The van der Waals surface area contributed by atoms with Crippen LogP contribution < -0.4 is 5.32 Å². The van der Waals surface area contributed by atoms with Crippen LogP contribution in [0.15, 0.2) is 0 Å². The molecule has 1 rings (SSSR count). The molecule has 1 fully saturated rings. The molecule has 0 aromatic rings. The molecule has 18 heavy (non-hydrogen) atoms. The summed E-state index contributed by atoms with van der Waals surface area (Å²) in [6.45, 7) is 3.14. The van der Waals surface area contributed by atoms with Gasteiger partial charge in [0.05, 0.1) is 6.04 Å².